The molecule has 4 aliphatic rings. The summed E-state index contributed by atoms with van der Waals surface area (Å²) in [6.45, 7) is 0.0942. The second-order valence-electron chi connectivity index (χ2n) is 7.76. The highest BCUT2D eigenvalue weighted by Gasteiger charge is 2.64. The molecule has 0 saturated carbocycles. The quantitative estimate of drug-likeness (QED) is 0.759. The maximum absolute atomic E-state index is 13.5. The monoisotopic (exact) mass is 403 g/mol. The van der Waals surface area contributed by atoms with Crippen molar-refractivity contribution in [3.63, 3.8) is 0 Å². The van der Waals surface area contributed by atoms with Crippen LogP contribution in [0.5, 0.6) is 11.5 Å². The lowest BCUT2D eigenvalue weighted by atomic mass is 9.88. The fourth-order valence-electron chi connectivity index (χ4n) is 5.12. The van der Waals surface area contributed by atoms with Crippen LogP contribution in [0.3, 0.4) is 0 Å². The molecule has 2 N–H and O–H groups in total. The Morgan fingerprint density at radius 3 is 2.60 bits per heavy atom. The molecule has 4 aliphatic heterocycles. The summed E-state index contributed by atoms with van der Waals surface area (Å²) in [6, 6.07) is 11.2. The first-order valence-corrected chi connectivity index (χ1v) is 9.68. The molecule has 30 heavy (non-hydrogen) atoms. The van der Waals surface area contributed by atoms with Crippen LogP contribution in [0.2, 0.25) is 0 Å². The van der Waals surface area contributed by atoms with E-state index in [1.54, 1.807) is 18.2 Å². The van der Waals surface area contributed by atoms with Gasteiger partial charge in [0.1, 0.15) is 6.04 Å². The van der Waals surface area contributed by atoms with E-state index >= 15 is 0 Å². The van der Waals surface area contributed by atoms with Crippen LogP contribution in [-0.2, 0) is 14.4 Å². The number of hydrogen-bond acceptors (Lipinski definition) is 6. The van der Waals surface area contributed by atoms with Gasteiger partial charge in [-0.3, -0.25) is 14.4 Å². The Balaban J connectivity index is 1.45. The molecule has 0 aromatic heterocycles. The minimum atomic E-state index is -0.901. The summed E-state index contributed by atoms with van der Waals surface area (Å²) in [5.41, 5.74) is 7.89. The van der Waals surface area contributed by atoms with Gasteiger partial charge in [0.25, 0.3) is 0 Å². The largest absolute Gasteiger partial charge is 0.454 e. The van der Waals surface area contributed by atoms with Crippen LogP contribution in [0.15, 0.2) is 48.5 Å². The molecule has 2 saturated heterocycles. The maximum atomic E-state index is 13.5. The van der Waals surface area contributed by atoms with E-state index in [0.29, 0.717) is 17.2 Å². The molecule has 2 aromatic rings. The van der Waals surface area contributed by atoms with E-state index < -0.39 is 35.7 Å². The summed E-state index contributed by atoms with van der Waals surface area (Å²) in [5.74, 6) is -1.88. The smallest absolute Gasteiger partial charge is 0.241 e. The lowest BCUT2D eigenvalue weighted by Gasteiger charge is -2.35. The highest BCUT2D eigenvalue weighted by molar-refractivity contribution is 6.24. The average Bonchev–Trinajstić information content (AvgIpc) is 3.41. The number of anilines is 2. The Kier molecular flexibility index (Phi) is 3.33. The van der Waals surface area contributed by atoms with Crippen molar-refractivity contribution in [2.45, 2.75) is 12.1 Å². The number of amides is 3. The first-order valence-electron chi connectivity index (χ1n) is 9.68. The number of rotatable bonds is 2. The number of fused-ring (bicyclic) bond motifs is 6. The number of para-hydroxylation sites is 1. The van der Waals surface area contributed by atoms with Crippen molar-refractivity contribution in [3.8, 4) is 11.5 Å². The number of imide groups is 1. The molecule has 8 nitrogen and oxygen atoms in total. The summed E-state index contributed by atoms with van der Waals surface area (Å²) in [5, 5.41) is 0. The topological polar surface area (TPSA) is 102 Å². The molecule has 4 heterocycles. The second-order valence-corrected chi connectivity index (χ2v) is 7.76. The number of primary amides is 1. The van der Waals surface area contributed by atoms with E-state index in [-0.39, 0.29) is 12.7 Å². The zero-order chi connectivity index (χ0) is 20.6. The molecular weight excluding hydrogens is 386 g/mol. The average molecular weight is 403 g/mol. The third-order valence-electron chi connectivity index (χ3n) is 6.32. The number of benzene rings is 2. The Morgan fingerprint density at radius 2 is 1.77 bits per heavy atom. The van der Waals surface area contributed by atoms with E-state index in [1.807, 2.05) is 41.3 Å². The number of hydrogen-bond donors (Lipinski definition) is 1. The zero-order valence-corrected chi connectivity index (χ0v) is 15.7. The fraction of sp³-hybridized carbons (Fsp3) is 0.227. The van der Waals surface area contributed by atoms with Crippen LogP contribution in [-0.4, -0.2) is 36.6 Å². The third-order valence-corrected chi connectivity index (χ3v) is 6.32. The van der Waals surface area contributed by atoms with Gasteiger partial charge in [0.2, 0.25) is 24.5 Å². The summed E-state index contributed by atoms with van der Waals surface area (Å²) in [7, 11) is 0. The summed E-state index contributed by atoms with van der Waals surface area (Å²) in [6.07, 6.45) is 3.81. The van der Waals surface area contributed by atoms with E-state index in [4.69, 9.17) is 15.2 Å². The fourth-order valence-corrected chi connectivity index (χ4v) is 5.12. The number of carbonyl (C=O) groups is 3. The van der Waals surface area contributed by atoms with Gasteiger partial charge < -0.3 is 20.1 Å². The molecule has 2 aromatic carbocycles. The number of nitrogens with zero attached hydrogens (tertiary/aromatic N) is 2. The highest BCUT2D eigenvalue weighted by atomic mass is 16.7. The molecular formula is C22H17N3O5. The van der Waals surface area contributed by atoms with Gasteiger partial charge in [0.05, 0.1) is 23.6 Å². The van der Waals surface area contributed by atoms with Gasteiger partial charge >= 0.3 is 0 Å². The predicted octanol–water partition coefficient (Wildman–Crippen LogP) is 1.29. The van der Waals surface area contributed by atoms with Crippen LogP contribution in [0, 0.1) is 11.8 Å². The molecule has 3 amide bonds. The maximum Gasteiger partial charge on any atom is 0.241 e. The van der Waals surface area contributed by atoms with Gasteiger partial charge in [-0.2, -0.15) is 0 Å². The van der Waals surface area contributed by atoms with Crippen molar-refractivity contribution in [2.24, 2.45) is 17.6 Å². The van der Waals surface area contributed by atoms with Gasteiger partial charge in [0.15, 0.2) is 11.5 Å². The molecule has 4 unspecified atom stereocenters. The Hall–Kier alpha value is -3.81. The zero-order valence-electron chi connectivity index (χ0n) is 15.7. The number of carbonyl (C=O) groups excluding carboxylic acids is 3. The van der Waals surface area contributed by atoms with Gasteiger partial charge in [-0.25, -0.2) is 4.90 Å². The number of nitrogens with two attached hydrogens (primary N) is 1. The first-order chi connectivity index (χ1) is 14.6. The molecule has 0 radical (unpaired) electrons. The Morgan fingerprint density at radius 1 is 1.00 bits per heavy atom. The lowest BCUT2D eigenvalue weighted by molar-refractivity contribution is -0.127. The van der Waals surface area contributed by atoms with E-state index in [9.17, 15) is 14.4 Å². The lowest BCUT2D eigenvalue weighted by Crippen LogP contribution is -2.50. The van der Waals surface area contributed by atoms with E-state index in [0.717, 1.165) is 16.2 Å². The van der Waals surface area contributed by atoms with Crippen molar-refractivity contribution in [1.82, 2.24) is 0 Å². The van der Waals surface area contributed by atoms with Crippen molar-refractivity contribution < 1.29 is 23.9 Å². The molecule has 2 fully saturated rings. The Labute approximate surface area is 171 Å². The number of ether oxygens (including phenoxy) is 2. The SMILES string of the molecule is NC(=O)C1C2C(=O)N(c3ccc4c(c3)OCO4)C(=O)C2C2C=Cc3ccccc3N21. The van der Waals surface area contributed by atoms with Gasteiger partial charge in [-0.15, -0.1) is 0 Å². The molecule has 0 aliphatic carbocycles. The molecule has 4 atom stereocenters. The summed E-state index contributed by atoms with van der Waals surface area (Å²) >= 11 is 0. The minimum Gasteiger partial charge on any atom is -0.454 e. The normalized spacial score (nSPS) is 27.9. The molecule has 0 spiro atoms. The molecule has 8 heteroatoms. The van der Waals surface area contributed by atoms with Crippen LogP contribution in [0.25, 0.3) is 6.08 Å². The third kappa shape index (κ3) is 2.07. The van der Waals surface area contributed by atoms with Crippen LogP contribution >= 0.6 is 0 Å². The van der Waals surface area contributed by atoms with Crippen molar-refractivity contribution in [1.29, 1.82) is 0 Å². The molecule has 6 rings (SSSR count). The summed E-state index contributed by atoms with van der Waals surface area (Å²) < 4.78 is 10.7. The van der Waals surface area contributed by atoms with Crippen LogP contribution in [0.1, 0.15) is 5.56 Å². The van der Waals surface area contributed by atoms with Crippen molar-refractivity contribution in [3.05, 3.63) is 54.1 Å². The van der Waals surface area contributed by atoms with Crippen molar-refractivity contribution >= 4 is 35.2 Å². The predicted molar refractivity (Wildman–Crippen MR) is 107 cm³/mol. The molecule has 0 bridgehead atoms. The van der Waals surface area contributed by atoms with Gasteiger partial charge in [-0.05, 0) is 23.8 Å². The first kappa shape index (κ1) is 17.1. The van der Waals surface area contributed by atoms with Gasteiger partial charge in [-0.1, -0.05) is 30.4 Å². The van der Waals surface area contributed by atoms with E-state index in [1.165, 1.54) is 0 Å². The van der Waals surface area contributed by atoms with Crippen LogP contribution < -0.4 is 25.0 Å². The molecule has 150 valence electrons. The van der Waals surface area contributed by atoms with E-state index in [2.05, 4.69) is 0 Å². The Bertz CT molecular complexity index is 1160. The van der Waals surface area contributed by atoms with Gasteiger partial charge in [0, 0.05) is 11.8 Å². The van der Waals surface area contributed by atoms with Crippen molar-refractivity contribution in [2.75, 3.05) is 16.6 Å². The summed E-state index contributed by atoms with van der Waals surface area (Å²) in [4.78, 5) is 42.4. The minimum absolute atomic E-state index is 0.0942. The van der Waals surface area contributed by atoms with Crippen LogP contribution in [0.4, 0.5) is 11.4 Å². The second kappa shape index (κ2) is 5.85. The standard InChI is InChI=1S/C22H17N3O5/c23-20(26)19-18-17(14-7-5-11-3-1-2-4-13(11)25(14)19)21(27)24(22(18)28)12-6-8-15-16(9-12)30-10-29-15/h1-9,14,17-19H,10H2,(H2,23,26). The highest BCUT2D eigenvalue weighted by Crippen LogP contribution is 2.49.